The number of rotatable bonds is 3. The highest BCUT2D eigenvalue weighted by molar-refractivity contribution is 9.10. The summed E-state index contributed by atoms with van der Waals surface area (Å²) in [6.45, 7) is 0. The van der Waals surface area contributed by atoms with Crippen molar-refractivity contribution in [1.29, 1.82) is 0 Å². The van der Waals surface area contributed by atoms with Gasteiger partial charge in [-0.3, -0.25) is 4.98 Å². The zero-order chi connectivity index (χ0) is 9.26. The molecule has 1 heterocycles. The lowest BCUT2D eigenvalue weighted by molar-refractivity contribution is 0.583. The van der Waals surface area contributed by atoms with Gasteiger partial charge in [0.2, 0.25) is 0 Å². The van der Waals surface area contributed by atoms with E-state index in [-0.39, 0.29) is 6.04 Å². The molecule has 0 radical (unpaired) electrons. The van der Waals surface area contributed by atoms with Crippen LogP contribution in [0.4, 0.5) is 0 Å². The van der Waals surface area contributed by atoms with Gasteiger partial charge >= 0.3 is 0 Å². The van der Waals surface area contributed by atoms with Crippen LogP contribution in [-0.4, -0.2) is 4.98 Å². The molecule has 2 N–H and O–H groups in total. The Balaban J connectivity index is 2.01. The van der Waals surface area contributed by atoms with Gasteiger partial charge in [-0.05, 0) is 40.4 Å². The zero-order valence-corrected chi connectivity index (χ0v) is 9.00. The number of nitrogens with zero attached hydrogens (tertiary/aromatic N) is 1. The van der Waals surface area contributed by atoms with Crippen LogP contribution in [0, 0.1) is 5.92 Å². The second-order valence-corrected chi connectivity index (χ2v) is 4.60. The molecule has 13 heavy (non-hydrogen) atoms. The van der Waals surface area contributed by atoms with Crippen molar-refractivity contribution in [2.24, 2.45) is 11.7 Å². The van der Waals surface area contributed by atoms with Crippen LogP contribution < -0.4 is 5.73 Å². The monoisotopic (exact) mass is 240 g/mol. The summed E-state index contributed by atoms with van der Waals surface area (Å²) < 4.78 is 1.01. The predicted molar refractivity (Wildman–Crippen MR) is 56.2 cm³/mol. The fourth-order valence-electron chi connectivity index (χ4n) is 1.44. The first-order chi connectivity index (χ1) is 6.25. The van der Waals surface area contributed by atoms with E-state index in [2.05, 4.69) is 20.9 Å². The Morgan fingerprint density at radius 2 is 2.31 bits per heavy atom. The third-order valence-corrected chi connectivity index (χ3v) is 2.88. The van der Waals surface area contributed by atoms with Gasteiger partial charge in [-0.15, -0.1) is 0 Å². The SMILES string of the molecule is N[C@@H](CC1CC1)c1ccc(Br)cn1. The fourth-order valence-corrected chi connectivity index (χ4v) is 1.67. The molecule has 0 amide bonds. The average molecular weight is 241 g/mol. The summed E-state index contributed by atoms with van der Waals surface area (Å²) in [5.74, 6) is 0.862. The molecule has 70 valence electrons. The van der Waals surface area contributed by atoms with Crippen molar-refractivity contribution in [2.75, 3.05) is 0 Å². The van der Waals surface area contributed by atoms with Crippen molar-refractivity contribution >= 4 is 15.9 Å². The highest BCUT2D eigenvalue weighted by Gasteiger charge is 2.24. The Kier molecular flexibility index (Phi) is 2.65. The van der Waals surface area contributed by atoms with Crippen LogP contribution in [0.25, 0.3) is 0 Å². The van der Waals surface area contributed by atoms with Crippen molar-refractivity contribution < 1.29 is 0 Å². The van der Waals surface area contributed by atoms with Crippen molar-refractivity contribution in [3.63, 3.8) is 0 Å². The highest BCUT2D eigenvalue weighted by Crippen LogP contribution is 2.36. The topological polar surface area (TPSA) is 38.9 Å². The predicted octanol–water partition coefficient (Wildman–Crippen LogP) is 2.64. The first kappa shape index (κ1) is 9.16. The number of hydrogen-bond donors (Lipinski definition) is 1. The van der Waals surface area contributed by atoms with Gasteiger partial charge in [0.05, 0.1) is 5.69 Å². The summed E-state index contributed by atoms with van der Waals surface area (Å²) in [4.78, 5) is 4.29. The molecule has 0 spiro atoms. The smallest absolute Gasteiger partial charge is 0.0571 e. The van der Waals surface area contributed by atoms with Gasteiger partial charge in [0.15, 0.2) is 0 Å². The van der Waals surface area contributed by atoms with Crippen LogP contribution in [0.15, 0.2) is 22.8 Å². The second kappa shape index (κ2) is 3.76. The average Bonchev–Trinajstić information content (AvgIpc) is 2.89. The first-order valence-electron chi connectivity index (χ1n) is 4.63. The molecule has 2 rings (SSSR count). The minimum atomic E-state index is 0.126. The van der Waals surface area contributed by atoms with Gasteiger partial charge in [0.25, 0.3) is 0 Å². The molecule has 0 bridgehead atoms. The van der Waals surface area contributed by atoms with E-state index < -0.39 is 0 Å². The Morgan fingerprint density at radius 1 is 1.54 bits per heavy atom. The molecule has 1 aliphatic carbocycles. The molecule has 1 fully saturated rings. The molecule has 0 aliphatic heterocycles. The highest BCUT2D eigenvalue weighted by atomic mass is 79.9. The molecule has 1 aromatic rings. The van der Waals surface area contributed by atoms with E-state index in [4.69, 9.17) is 5.73 Å². The fraction of sp³-hybridized carbons (Fsp3) is 0.500. The van der Waals surface area contributed by atoms with Gasteiger partial charge in [-0.1, -0.05) is 12.8 Å². The third-order valence-electron chi connectivity index (χ3n) is 2.41. The summed E-state index contributed by atoms with van der Waals surface area (Å²) in [6.07, 6.45) is 5.60. The maximum atomic E-state index is 6.01. The maximum Gasteiger partial charge on any atom is 0.0571 e. The second-order valence-electron chi connectivity index (χ2n) is 3.69. The summed E-state index contributed by atoms with van der Waals surface area (Å²) in [5.41, 5.74) is 7.02. The molecule has 0 saturated heterocycles. The largest absolute Gasteiger partial charge is 0.323 e. The molecule has 1 aliphatic rings. The van der Waals surface area contributed by atoms with Crippen LogP contribution in [0.3, 0.4) is 0 Å². The van der Waals surface area contributed by atoms with E-state index in [9.17, 15) is 0 Å². The van der Waals surface area contributed by atoms with E-state index in [0.717, 1.165) is 22.5 Å². The Labute approximate surface area is 86.7 Å². The Bertz CT molecular complexity index is 279. The molecule has 2 nitrogen and oxygen atoms in total. The molecule has 3 heteroatoms. The van der Waals surface area contributed by atoms with Crippen molar-refractivity contribution in [3.05, 3.63) is 28.5 Å². The number of nitrogens with two attached hydrogens (primary N) is 1. The van der Waals surface area contributed by atoms with Crippen molar-refractivity contribution in [3.8, 4) is 0 Å². The molecule has 0 unspecified atom stereocenters. The summed E-state index contributed by atoms with van der Waals surface area (Å²) in [6, 6.07) is 4.12. The number of pyridine rings is 1. The normalized spacial score (nSPS) is 18.6. The number of halogens is 1. The van der Waals surface area contributed by atoms with Crippen LogP contribution in [0.1, 0.15) is 31.0 Å². The van der Waals surface area contributed by atoms with Crippen molar-refractivity contribution in [2.45, 2.75) is 25.3 Å². The number of aromatic nitrogens is 1. The van der Waals surface area contributed by atoms with Gasteiger partial charge in [-0.2, -0.15) is 0 Å². The zero-order valence-electron chi connectivity index (χ0n) is 7.41. The minimum Gasteiger partial charge on any atom is -0.323 e. The lowest BCUT2D eigenvalue weighted by atomic mass is 10.1. The summed E-state index contributed by atoms with van der Waals surface area (Å²) >= 11 is 3.35. The van der Waals surface area contributed by atoms with E-state index in [1.54, 1.807) is 0 Å². The standard InChI is InChI=1S/C10H13BrN2/c11-8-3-4-10(13-6-8)9(12)5-7-1-2-7/h3-4,6-7,9H,1-2,5,12H2/t9-/m0/s1. The first-order valence-corrected chi connectivity index (χ1v) is 5.42. The quantitative estimate of drug-likeness (QED) is 0.883. The molecule has 1 saturated carbocycles. The Morgan fingerprint density at radius 3 is 2.85 bits per heavy atom. The third kappa shape index (κ3) is 2.51. The van der Waals surface area contributed by atoms with Crippen LogP contribution in [0.2, 0.25) is 0 Å². The summed E-state index contributed by atoms with van der Waals surface area (Å²) in [7, 11) is 0. The van der Waals surface area contributed by atoms with E-state index >= 15 is 0 Å². The van der Waals surface area contributed by atoms with Crippen LogP contribution >= 0.6 is 15.9 Å². The van der Waals surface area contributed by atoms with Gasteiger partial charge in [0.1, 0.15) is 0 Å². The van der Waals surface area contributed by atoms with Crippen LogP contribution in [-0.2, 0) is 0 Å². The Hall–Kier alpha value is -0.410. The molecular formula is C10H13BrN2. The van der Waals surface area contributed by atoms with Gasteiger partial charge < -0.3 is 5.73 Å². The molecule has 0 aromatic carbocycles. The molecule has 1 aromatic heterocycles. The lowest BCUT2D eigenvalue weighted by Gasteiger charge is -2.09. The number of hydrogen-bond acceptors (Lipinski definition) is 2. The van der Waals surface area contributed by atoms with Gasteiger partial charge in [0, 0.05) is 16.7 Å². The van der Waals surface area contributed by atoms with E-state index in [1.807, 2.05) is 18.3 Å². The molecular weight excluding hydrogens is 228 g/mol. The van der Waals surface area contributed by atoms with E-state index in [0.29, 0.717) is 0 Å². The maximum absolute atomic E-state index is 6.01. The van der Waals surface area contributed by atoms with Crippen LogP contribution in [0.5, 0.6) is 0 Å². The van der Waals surface area contributed by atoms with E-state index in [1.165, 1.54) is 12.8 Å². The lowest BCUT2D eigenvalue weighted by Crippen LogP contribution is -2.12. The molecule has 1 atom stereocenters. The van der Waals surface area contributed by atoms with Gasteiger partial charge in [-0.25, -0.2) is 0 Å². The summed E-state index contributed by atoms with van der Waals surface area (Å²) in [5, 5.41) is 0. The minimum absolute atomic E-state index is 0.126. The van der Waals surface area contributed by atoms with Crippen molar-refractivity contribution in [1.82, 2.24) is 4.98 Å².